The molecule has 3 aliphatic heterocycles. The van der Waals surface area contributed by atoms with Gasteiger partial charge in [0, 0.05) is 74.6 Å². The van der Waals surface area contributed by atoms with Gasteiger partial charge in [-0.1, -0.05) is 27.9 Å². The zero-order valence-corrected chi connectivity index (χ0v) is 58.7. The first-order chi connectivity index (χ1) is 42.6. The summed E-state index contributed by atoms with van der Waals surface area (Å²) in [6.07, 6.45) is 0.696. The molecule has 13 atom stereocenters. The van der Waals surface area contributed by atoms with Gasteiger partial charge in [0.2, 0.25) is 6.54 Å². The number of aliphatic hydroxyl groups excluding tert-OH is 1. The predicted molar refractivity (Wildman–Crippen MR) is 360 cm³/mol. The Balaban J connectivity index is 0.000000485. The molecule has 3 fully saturated rings. The number of aromatic amines is 3. The number of nitrogens with zero attached hydrogens (tertiary/aromatic N) is 5. The Morgan fingerprint density at radius 3 is 1.30 bits per heavy atom. The van der Waals surface area contributed by atoms with Crippen molar-refractivity contribution in [3.63, 3.8) is 0 Å². The fourth-order valence-electron chi connectivity index (χ4n) is 9.46. The molecule has 0 aliphatic carbocycles. The lowest BCUT2D eigenvalue weighted by Crippen LogP contribution is -2.42. The van der Waals surface area contributed by atoms with E-state index in [1.165, 1.54) is 51.3 Å². The van der Waals surface area contributed by atoms with Gasteiger partial charge in [0.15, 0.2) is 18.7 Å². The first-order valence-electron chi connectivity index (χ1n) is 29.4. The van der Waals surface area contributed by atoms with Crippen molar-refractivity contribution in [2.24, 2.45) is 5.92 Å². The summed E-state index contributed by atoms with van der Waals surface area (Å²) in [6.45, 7) is 33.8. The molecule has 1 unspecified atom stereocenters. The van der Waals surface area contributed by atoms with E-state index in [4.69, 9.17) is 58.3 Å². The fourth-order valence-corrected chi connectivity index (χ4v) is 13.0. The number of hydrogen-bond acceptors (Lipinski definition) is 22. The van der Waals surface area contributed by atoms with Crippen LogP contribution in [0.4, 0.5) is 0 Å². The average Bonchev–Trinajstić information content (AvgIpc) is 1.68. The van der Waals surface area contributed by atoms with Gasteiger partial charge in [-0.25, -0.2) is 25.6 Å². The molecule has 6 rings (SSSR count). The van der Waals surface area contributed by atoms with Gasteiger partial charge in [0.25, 0.3) is 25.2 Å². The van der Waals surface area contributed by atoms with Crippen LogP contribution in [0.25, 0.3) is 4.85 Å². The monoisotopic (exact) mass is 1390 g/mol. The Labute approximate surface area is 546 Å². The van der Waals surface area contributed by atoms with Crippen molar-refractivity contribution in [3.05, 3.63) is 145 Å². The van der Waals surface area contributed by atoms with Gasteiger partial charge in [-0.3, -0.25) is 43.0 Å². The van der Waals surface area contributed by atoms with E-state index in [-0.39, 0.29) is 71.9 Å². The van der Waals surface area contributed by atoms with E-state index in [1.54, 1.807) is 98.8 Å². The molecular weight excluding hydrogens is 1290 g/mol. The maximum Gasteiger partial charge on any atom is 0.330 e. The standard InChI is InChI=1S/C25H42N4O8P2.C17H27N2O6P.C16H25N2O7P.2CH4/c1-17(2)29(18(3)4)38(35-12-11-26-6)37-21-20(10-15-39(8,9)32)36-24(22(21)34-14-13-33-7)28-16-19(5)23(30)27-25(28)31;1-11-10-19(17(21)18-15(11)20)16-14(24-8-7-23-3)12(2)13(25-16)6-9-26(4,5)22;1-10-9-18(16(21)17-14(10)20)15-13(24-7-6-23-2)12(19)11(25-15)5-8-26(3,4)22;;/h10,15-18,20-22,24H,11-14H2,1-5,7-9H3,(H,27,30,31);6,9-10,12-14,16H,7-8H2,1-5H3,(H,18,20,21);5,8-9,11-13,15,19H,6-7H2,1-4H3,(H,17,20,21);2*1H4/b15-10+;9-6+;8-5+;;/t20-,21-,22-,24-,38?;12-,13-,14-,16-;11-,12-,13-,15-;;/m111../s1. The quantitative estimate of drug-likeness (QED) is 0.0320. The van der Waals surface area contributed by atoms with Crippen LogP contribution in [-0.4, -0.2) is 213 Å². The molecule has 4 N–H and O–H groups in total. The Morgan fingerprint density at radius 2 is 0.914 bits per heavy atom. The molecule has 93 heavy (non-hydrogen) atoms. The summed E-state index contributed by atoms with van der Waals surface area (Å²) in [4.78, 5) is 82.8. The van der Waals surface area contributed by atoms with Gasteiger partial charge in [0.05, 0.1) is 45.7 Å². The normalized spacial score (nSPS) is 24.5. The molecule has 3 saturated heterocycles. The number of hydrogen-bond donors (Lipinski definition) is 4. The molecule has 29 nitrogen and oxygen atoms in total. The Hall–Kier alpha value is -4.65. The molecule has 528 valence electrons. The molecular formula is C60H102N8O21P4. The highest BCUT2D eigenvalue weighted by molar-refractivity contribution is 7.66. The van der Waals surface area contributed by atoms with Crippen LogP contribution < -0.4 is 33.7 Å². The highest BCUT2D eigenvalue weighted by atomic mass is 31.2. The Kier molecular flexibility index (Phi) is 35.3. The van der Waals surface area contributed by atoms with Gasteiger partial charge < -0.3 is 75.3 Å². The molecule has 0 amide bonds. The van der Waals surface area contributed by atoms with E-state index in [9.17, 15) is 47.6 Å². The van der Waals surface area contributed by atoms with Crippen LogP contribution in [0.15, 0.2) is 83.0 Å². The van der Waals surface area contributed by atoms with Crippen molar-refractivity contribution < 1.29 is 70.5 Å². The first kappa shape index (κ1) is 84.4. The second-order valence-corrected chi connectivity index (χ2v) is 34.6. The summed E-state index contributed by atoms with van der Waals surface area (Å²) in [7, 11) is -4.42. The van der Waals surface area contributed by atoms with E-state index in [1.807, 2.05) is 34.6 Å². The minimum Gasteiger partial charge on any atom is -0.387 e. The summed E-state index contributed by atoms with van der Waals surface area (Å²) < 4.78 is 106. The Bertz CT molecular complexity index is 3340. The lowest BCUT2D eigenvalue weighted by Gasteiger charge is -2.38. The van der Waals surface area contributed by atoms with Crippen LogP contribution in [0.2, 0.25) is 0 Å². The van der Waals surface area contributed by atoms with Crippen LogP contribution in [0.1, 0.15) is 84.8 Å². The zero-order chi connectivity index (χ0) is 68.3. The summed E-state index contributed by atoms with van der Waals surface area (Å²) in [6, 6.07) is 0.111. The molecule has 0 spiro atoms. The third-order valence-electron chi connectivity index (χ3n) is 13.9. The van der Waals surface area contributed by atoms with Gasteiger partial charge >= 0.3 is 17.1 Å². The third kappa shape index (κ3) is 25.7. The van der Waals surface area contributed by atoms with Crippen LogP contribution in [0.5, 0.6) is 0 Å². The van der Waals surface area contributed by atoms with E-state index < -0.39 is 125 Å². The smallest absolute Gasteiger partial charge is 0.330 e. The topological polar surface area (TPSA) is 345 Å². The van der Waals surface area contributed by atoms with Crippen molar-refractivity contribution in [1.29, 1.82) is 0 Å². The largest absolute Gasteiger partial charge is 0.387 e. The van der Waals surface area contributed by atoms with E-state index in [0.717, 1.165) is 0 Å². The third-order valence-corrected chi connectivity index (χ3v) is 18.7. The SMILES string of the molecule is C.C.COCCO[C@@H]1[C@H](C)[C@@H](/C=C/P(C)(C)=O)O[C@H]1n1cc(C)c(=O)[nH]c1=O.COCCO[C@@H]1[C@H](O)[C@@H](/C=C/P(C)(C)=O)O[C@H]1n1cc(C)c(=O)[nH]c1=O.[C-]#[N+]CCOP(O[C@H]1[C@@H](OCCOC)[C@H](n2cc(C)c(=O)[nH]c2=O)O[C@@H]1/C=C/P(C)(C)=O)N(C(C)C)C(C)C. The molecule has 0 aromatic carbocycles. The number of nitrogens with one attached hydrogen (secondary N) is 3. The lowest BCUT2D eigenvalue weighted by atomic mass is 10.0. The predicted octanol–water partition coefficient (Wildman–Crippen LogP) is 6.67. The van der Waals surface area contributed by atoms with Crippen LogP contribution in [-0.2, 0) is 65.4 Å². The number of methoxy groups -OCH3 is 3. The minimum absolute atomic E-state index is 0. The molecule has 3 aliphatic rings. The second kappa shape index (κ2) is 38.9. The number of H-pyrrole nitrogens is 3. The van der Waals surface area contributed by atoms with E-state index in [0.29, 0.717) is 36.5 Å². The van der Waals surface area contributed by atoms with Gasteiger partial charge in [-0.2, -0.15) is 0 Å². The molecule has 3 aromatic heterocycles. The van der Waals surface area contributed by atoms with Gasteiger partial charge in [-0.05, 0) is 118 Å². The molecule has 0 radical (unpaired) electrons. The van der Waals surface area contributed by atoms with Crippen molar-refractivity contribution in [3.8, 4) is 0 Å². The highest BCUT2D eigenvalue weighted by Crippen LogP contribution is 2.51. The van der Waals surface area contributed by atoms with E-state index in [2.05, 4.69) is 24.5 Å². The lowest BCUT2D eigenvalue weighted by molar-refractivity contribution is -0.0783. The molecule has 3 aromatic rings. The average molecular weight is 1400 g/mol. The summed E-state index contributed by atoms with van der Waals surface area (Å²) in [5.41, 5.74) is -2.23. The zero-order valence-electron chi connectivity index (χ0n) is 55.1. The number of aryl methyl sites for hydroxylation is 3. The first-order valence-corrected chi connectivity index (χ1v) is 38.6. The van der Waals surface area contributed by atoms with Crippen molar-refractivity contribution in [1.82, 2.24) is 33.3 Å². The minimum atomic E-state index is -2.57. The van der Waals surface area contributed by atoms with Crippen LogP contribution in [0, 0.1) is 33.3 Å². The summed E-state index contributed by atoms with van der Waals surface area (Å²) in [5.74, 6) is 4.66. The second-order valence-electron chi connectivity index (χ2n) is 23.7. The molecule has 6 heterocycles. The van der Waals surface area contributed by atoms with Gasteiger partial charge in [0.1, 0.15) is 70.8 Å². The van der Waals surface area contributed by atoms with Crippen LogP contribution in [0.3, 0.4) is 0 Å². The number of ether oxygens (including phenoxy) is 9. The van der Waals surface area contributed by atoms with Gasteiger partial charge in [-0.15, -0.1) is 0 Å². The van der Waals surface area contributed by atoms with E-state index >= 15 is 0 Å². The number of rotatable bonds is 29. The maximum absolute atomic E-state index is 12.9. The summed E-state index contributed by atoms with van der Waals surface area (Å²) in [5, 5.41) is 10.6. The molecule has 33 heteroatoms. The Morgan fingerprint density at radius 1 is 0.570 bits per heavy atom. The van der Waals surface area contributed by atoms with Crippen molar-refractivity contribution in [2.45, 2.75) is 150 Å². The molecule has 0 saturated carbocycles. The maximum atomic E-state index is 12.9. The highest BCUT2D eigenvalue weighted by Gasteiger charge is 2.50. The number of aromatic nitrogens is 6. The number of aliphatic hydroxyl groups is 1. The molecule has 0 bridgehead atoms. The van der Waals surface area contributed by atoms with Crippen molar-refractivity contribution in [2.75, 3.05) is 114 Å². The fraction of sp³-hybridized carbons (Fsp3) is 0.683. The van der Waals surface area contributed by atoms with Crippen LogP contribution >= 0.6 is 30.0 Å². The summed E-state index contributed by atoms with van der Waals surface area (Å²) >= 11 is 0. The van der Waals surface area contributed by atoms with Crippen molar-refractivity contribution >= 4 is 30.0 Å².